The second-order valence-corrected chi connectivity index (χ2v) is 4.01. The van der Waals surface area contributed by atoms with E-state index in [1.165, 1.54) is 13.1 Å². The largest absolute Gasteiger partial charge is 0.493 e. The van der Waals surface area contributed by atoms with Crippen molar-refractivity contribution in [3.63, 3.8) is 0 Å². The Labute approximate surface area is 118 Å². The number of rotatable bonds is 6. The van der Waals surface area contributed by atoms with E-state index in [1.807, 2.05) is 13.0 Å². The molecule has 5 nitrogen and oxygen atoms in total. The number of nitrogens with zero attached hydrogens (tertiary/aromatic N) is 1. The molecule has 0 heterocycles. The molecule has 0 radical (unpaired) electrons. The number of carbonyl (C=O) groups is 1. The summed E-state index contributed by atoms with van der Waals surface area (Å²) in [5.74, 6) is 0.797. The van der Waals surface area contributed by atoms with Crippen molar-refractivity contribution in [2.75, 3.05) is 20.8 Å². The van der Waals surface area contributed by atoms with Crippen molar-refractivity contribution >= 4 is 12.0 Å². The molecule has 1 amide bonds. The maximum atomic E-state index is 11.5. The van der Waals surface area contributed by atoms with Gasteiger partial charge in [-0.15, -0.1) is 0 Å². The average molecular weight is 274 g/mol. The normalized spacial score (nSPS) is 10.6. The molecule has 0 atom stereocenters. The van der Waals surface area contributed by atoms with E-state index in [2.05, 4.69) is 5.32 Å². The number of nitrogens with one attached hydrogen (secondary N) is 1. The summed E-state index contributed by atoms with van der Waals surface area (Å²) in [5.41, 5.74) is 0.746. The van der Waals surface area contributed by atoms with Gasteiger partial charge in [0.2, 0.25) is 0 Å². The maximum absolute atomic E-state index is 11.5. The third-order valence-electron chi connectivity index (χ3n) is 2.55. The van der Waals surface area contributed by atoms with Gasteiger partial charge < -0.3 is 14.8 Å². The minimum absolute atomic E-state index is 0.0408. The number of methoxy groups -OCH3 is 1. The molecular formula is C15H18N2O3. The van der Waals surface area contributed by atoms with E-state index in [0.29, 0.717) is 23.7 Å². The molecule has 106 valence electrons. The monoisotopic (exact) mass is 274 g/mol. The number of ether oxygens (including phenoxy) is 2. The Bertz CT molecular complexity index is 545. The predicted octanol–water partition coefficient (Wildman–Crippen LogP) is 2.14. The van der Waals surface area contributed by atoms with Gasteiger partial charge in [-0.25, -0.2) is 0 Å². The quantitative estimate of drug-likeness (QED) is 0.637. The van der Waals surface area contributed by atoms with Gasteiger partial charge >= 0.3 is 0 Å². The van der Waals surface area contributed by atoms with Crippen molar-refractivity contribution < 1.29 is 14.3 Å². The Morgan fingerprint density at radius 1 is 1.45 bits per heavy atom. The molecule has 5 heteroatoms. The summed E-state index contributed by atoms with van der Waals surface area (Å²) in [7, 11) is 3.05. The first-order valence-electron chi connectivity index (χ1n) is 6.31. The third kappa shape index (κ3) is 4.02. The van der Waals surface area contributed by atoms with Crippen LogP contribution in [-0.4, -0.2) is 26.7 Å². The van der Waals surface area contributed by atoms with Crippen molar-refractivity contribution in [2.24, 2.45) is 0 Å². The molecule has 0 saturated heterocycles. The zero-order valence-electron chi connectivity index (χ0n) is 11.9. The molecular weight excluding hydrogens is 256 g/mol. The Morgan fingerprint density at radius 3 is 2.75 bits per heavy atom. The van der Waals surface area contributed by atoms with Gasteiger partial charge in [0.1, 0.15) is 11.6 Å². The van der Waals surface area contributed by atoms with Gasteiger partial charge in [0.05, 0.1) is 13.7 Å². The topological polar surface area (TPSA) is 71.3 Å². The zero-order chi connectivity index (χ0) is 15.0. The summed E-state index contributed by atoms with van der Waals surface area (Å²) in [5, 5.41) is 11.4. The summed E-state index contributed by atoms with van der Waals surface area (Å²) in [6, 6.07) is 7.12. The minimum Gasteiger partial charge on any atom is -0.493 e. The molecule has 0 fully saturated rings. The van der Waals surface area contributed by atoms with Crippen LogP contribution in [0.1, 0.15) is 18.9 Å². The van der Waals surface area contributed by atoms with Crippen molar-refractivity contribution in [2.45, 2.75) is 13.3 Å². The van der Waals surface area contributed by atoms with Crippen molar-refractivity contribution in [3.8, 4) is 17.6 Å². The number of benzene rings is 1. The minimum atomic E-state index is -0.417. The lowest BCUT2D eigenvalue weighted by Gasteiger charge is -2.10. The number of likely N-dealkylation sites (N-methyl/N-ethyl adjacent to an activating group) is 1. The maximum Gasteiger partial charge on any atom is 0.261 e. The molecule has 0 bridgehead atoms. The number of hydrogen-bond donors (Lipinski definition) is 1. The molecule has 1 rings (SSSR count). The highest BCUT2D eigenvalue weighted by molar-refractivity contribution is 6.01. The van der Waals surface area contributed by atoms with Crippen LogP contribution >= 0.6 is 0 Å². The lowest BCUT2D eigenvalue weighted by atomic mass is 10.1. The first kappa shape index (κ1) is 15.6. The molecule has 1 aromatic rings. The van der Waals surface area contributed by atoms with E-state index in [-0.39, 0.29) is 5.57 Å². The average Bonchev–Trinajstić information content (AvgIpc) is 2.49. The van der Waals surface area contributed by atoms with Gasteiger partial charge in [-0.3, -0.25) is 4.79 Å². The van der Waals surface area contributed by atoms with E-state index in [0.717, 1.165) is 6.42 Å². The molecule has 0 aliphatic rings. The Balaban J connectivity index is 3.10. The molecule has 1 N–H and O–H groups in total. The summed E-state index contributed by atoms with van der Waals surface area (Å²) < 4.78 is 10.8. The van der Waals surface area contributed by atoms with Crippen LogP contribution in [0, 0.1) is 11.3 Å². The molecule has 0 saturated carbocycles. The summed E-state index contributed by atoms with van der Waals surface area (Å²) in [6.07, 6.45) is 2.39. The third-order valence-corrected chi connectivity index (χ3v) is 2.55. The fourth-order valence-corrected chi connectivity index (χ4v) is 1.56. The second-order valence-electron chi connectivity index (χ2n) is 4.01. The van der Waals surface area contributed by atoms with Crippen molar-refractivity contribution in [3.05, 3.63) is 29.3 Å². The highest BCUT2D eigenvalue weighted by Crippen LogP contribution is 2.29. The van der Waals surface area contributed by atoms with Gasteiger partial charge in [0.25, 0.3) is 5.91 Å². The molecule has 1 aromatic carbocycles. The van der Waals surface area contributed by atoms with E-state index in [1.54, 1.807) is 25.3 Å². The molecule has 0 aliphatic carbocycles. The van der Waals surface area contributed by atoms with Crippen LogP contribution in [0.2, 0.25) is 0 Å². The van der Waals surface area contributed by atoms with E-state index < -0.39 is 5.91 Å². The van der Waals surface area contributed by atoms with Gasteiger partial charge in [0, 0.05) is 7.05 Å². The zero-order valence-corrected chi connectivity index (χ0v) is 11.9. The molecule has 0 aliphatic heterocycles. The van der Waals surface area contributed by atoms with Crippen LogP contribution in [0.25, 0.3) is 6.08 Å². The first-order valence-corrected chi connectivity index (χ1v) is 6.31. The standard InChI is InChI=1S/C15H18N2O3/c1-4-7-20-14-9-11(5-6-13(14)19-3)8-12(10-16)15(18)17-2/h5-6,8-9H,4,7H2,1-3H3,(H,17,18). The smallest absolute Gasteiger partial charge is 0.261 e. The van der Waals surface area contributed by atoms with Crippen LogP contribution in [0.15, 0.2) is 23.8 Å². The summed E-state index contributed by atoms with van der Waals surface area (Å²) >= 11 is 0. The first-order chi connectivity index (χ1) is 9.65. The summed E-state index contributed by atoms with van der Waals surface area (Å²) in [4.78, 5) is 11.5. The van der Waals surface area contributed by atoms with Crippen LogP contribution < -0.4 is 14.8 Å². The van der Waals surface area contributed by atoms with Gasteiger partial charge in [-0.1, -0.05) is 13.0 Å². The van der Waals surface area contributed by atoms with E-state index in [9.17, 15) is 4.79 Å². The molecule has 0 spiro atoms. The highest BCUT2D eigenvalue weighted by Gasteiger charge is 2.09. The number of carbonyl (C=O) groups excluding carboxylic acids is 1. The summed E-state index contributed by atoms with van der Waals surface area (Å²) in [6.45, 7) is 2.58. The van der Waals surface area contributed by atoms with Crippen LogP contribution in [0.3, 0.4) is 0 Å². The van der Waals surface area contributed by atoms with Gasteiger partial charge in [-0.2, -0.15) is 5.26 Å². The lowest BCUT2D eigenvalue weighted by molar-refractivity contribution is -0.116. The van der Waals surface area contributed by atoms with Crippen LogP contribution in [-0.2, 0) is 4.79 Å². The Kier molecular flexibility index (Phi) is 6.11. The lowest BCUT2D eigenvalue weighted by Crippen LogP contribution is -2.19. The highest BCUT2D eigenvalue weighted by atomic mass is 16.5. The van der Waals surface area contributed by atoms with Crippen LogP contribution in [0.4, 0.5) is 0 Å². The molecule has 20 heavy (non-hydrogen) atoms. The van der Waals surface area contributed by atoms with Gasteiger partial charge in [0.15, 0.2) is 11.5 Å². The number of hydrogen-bond acceptors (Lipinski definition) is 4. The Morgan fingerprint density at radius 2 is 2.20 bits per heavy atom. The van der Waals surface area contributed by atoms with Crippen molar-refractivity contribution in [1.82, 2.24) is 5.32 Å². The van der Waals surface area contributed by atoms with Crippen LogP contribution in [0.5, 0.6) is 11.5 Å². The van der Waals surface area contributed by atoms with E-state index in [4.69, 9.17) is 14.7 Å². The second kappa shape index (κ2) is 7.85. The molecule has 0 unspecified atom stereocenters. The SMILES string of the molecule is CCCOc1cc(C=C(C#N)C(=O)NC)ccc1OC. The fraction of sp³-hybridized carbons (Fsp3) is 0.333. The van der Waals surface area contributed by atoms with Gasteiger partial charge in [-0.05, 0) is 30.2 Å². The fourth-order valence-electron chi connectivity index (χ4n) is 1.56. The molecule has 0 aromatic heterocycles. The van der Waals surface area contributed by atoms with Crippen molar-refractivity contribution in [1.29, 1.82) is 5.26 Å². The number of amides is 1. The van der Waals surface area contributed by atoms with E-state index >= 15 is 0 Å². The Hall–Kier alpha value is -2.48. The number of nitriles is 1. The predicted molar refractivity (Wildman–Crippen MR) is 76.4 cm³/mol.